The van der Waals surface area contributed by atoms with Crippen molar-refractivity contribution in [3.63, 3.8) is 0 Å². The molecule has 0 radical (unpaired) electrons. The lowest BCUT2D eigenvalue weighted by atomic mass is 10.1. The van der Waals surface area contributed by atoms with Crippen LogP contribution in [0.25, 0.3) is 0 Å². The summed E-state index contributed by atoms with van der Waals surface area (Å²) in [4.78, 5) is 20.3. The first-order valence-electron chi connectivity index (χ1n) is 6.29. The molecule has 0 aromatic carbocycles. The van der Waals surface area contributed by atoms with Crippen molar-refractivity contribution < 1.29 is 9.90 Å². The fraction of sp³-hybridized carbons (Fsp3) is 0.583. The van der Waals surface area contributed by atoms with Gasteiger partial charge < -0.3 is 10.4 Å². The third-order valence-corrected chi connectivity index (χ3v) is 6.01. The number of rotatable bonds is 2. The van der Waals surface area contributed by atoms with Crippen LogP contribution in [0.15, 0.2) is 0 Å². The number of hydrogen-bond acceptors (Lipinski definition) is 6. The first-order chi connectivity index (χ1) is 9.25. The lowest BCUT2D eigenvalue weighted by molar-refractivity contribution is 0.0688. The van der Waals surface area contributed by atoms with Gasteiger partial charge in [0.1, 0.15) is 5.82 Å². The fourth-order valence-electron chi connectivity index (χ4n) is 2.32. The molecule has 1 saturated heterocycles. The molecule has 0 spiro atoms. The Kier molecular flexibility index (Phi) is 3.95. The lowest BCUT2D eigenvalue weighted by Gasteiger charge is -2.23. The van der Waals surface area contributed by atoms with E-state index in [0.717, 1.165) is 41.5 Å². The quantitative estimate of drug-likeness (QED) is 0.853. The molecule has 19 heavy (non-hydrogen) atoms. The molecule has 0 saturated carbocycles. The Morgan fingerprint density at radius 2 is 2.26 bits per heavy atom. The van der Waals surface area contributed by atoms with Gasteiger partial charge in [-0.3, -0.25) is 0 Å². The molecule has 102 valence electrons. The van der Waals surface area contributed by atoms with Crippen LogP contribution in [0, 0.1) is 0 Å². The largest absolute Gasteiger partial charge is 0.476 e. The monoisotopic (exact) mass is 297 g/mol. The van der Waals surface area contributed by atoms with Gasteiger partial charge in [-0.1, -0.05) is 0 Å². The van der Waals surface area contributed by atoms with Gasteiger partial charge in [0.05, 0.1) is 10.9 Å². The van der Waals surface area contributed by atoms with Crippen molar-refractivity contribution in [3.05, 3.63) is 22.8 Å². The minimum atomic E-state index is -0.947. The maximum Gasteiger partial charge on any atom is 0.354 e. The van der Waals surface area contributed by atoms with Crippen LogP contribution in [0.1, 0.15) is 32.8 Å². The van der Waals surface area contributed by atoms with Crippen LogP contribution in [0.2, 0.25) is 0 Å². The van der Waals surface area contributed by atoms with Crippen molar-refractivity contribution >= 4 is 29.5 Å². The van der Waals surface area contributed by atoms with Crippen LogP contribution in [-0.2, 0) is 13.0 Å². The number of hydrogen-bond donors (Lipinski definition) is 2. The zero-order valence-corrected chi connectivity index (χ0v) is 12.0. The molecule has 0 aliphatic carbocycles. The molecule has 0 bridgehead atoms. The van der Waals surface area contributed by atoms with E-state index in [1.807, 2.05) is 23.5 Å². The number of nitrogens with zero attached hydrogens (tertiary/aromatic N) is 2. The second kappa shape index (κ2) is 5.68. The molecule has 1 unspecified atom stereocenters. The zero-order valence-electron chi connectivity index (χ0n) is 10.4. The highest BCUT2D eigenvalue weighted by molar-refractivity contribution is 8.06. The van der Waals surface area contributed by atoms with E-state index in [9.17, 15) is 9.90 Å². The number of aromatic carboxylic acids is 1. The smallest absolute Gasteiger partial charge is 0.354 e. The molecule has 2 N–H and O–H groups in total. The van der Waals surface area contributed by atoms with Crippen LogP contribution in [0.4, 0.5) is 0 Å². The van der Waals surface area contributed by atoms with Gasteiger partial charge in [0, 0.05) is 42.3 Å². The van der Waals surface area contributed by atoms with Crippen molar-refractivity contribution in [1.29, 1.82) is 0 Å². The molecule has 3 heterocycles. The standard InChI is InChI=1S/C12H15N3O2S2/c16-12(17)10-7-5-13-2-1-8(7)14-11(15-10)9-6-18-3-4-19-9/h9,13H,1-6H2,(H,16,17). The summed E-state index contributed by atoms with van der Waals surface area (Å²) in [6, 6.07) is 0. The van der Waals surface area contributed by atoms with Gasteiger partial charge >= 0.3 is 5.97 Å². The van der Waals surface area contributed by atoms with Crippen LogP contribution >= 0.6 is 23.5 Å². The Bertz CT molecular complexity index is 504. The zero-order chi connectivity index (χ0) is 13.2. The molecule has 1 fully saturated rings. The SMILES string of the molecule is O=C(O)c1nc(C2CSCCS2)nc2c1CNCC2. The van der Waals surface area contributed by atoms with Gasteiger partial charge in [-0.05, 0) is 0 Å². The first-order valence-corrected chi connectivity index (χ1v) is 8.49. The van der Waals surface area contributed by atoms with Gasteiger partial charge in [-0.15, -0.1) is 11.8 Å². The van der Waals surface area contributed by atoms with Crippen molar-refractivity contribution in [2.45, 2.75) is 18.2 Å². The van der Waals surface area contributed by atoms with E-state index in [2.05, 4.69) is 15.3 Å². The van der Waals surface area contributed by atoms with Gasteiger partial charge in [0.15, 0.2) is 5.69 Å². The van der Waals surface area contributed by atoms with Crippen LogP contribution < -0.4 is 5.32 Å². The van der Waals surface area contributed by atoms with E-state index in [1.165, 1.54) is 0 Å². The topological polar surface area (TPSA) is 75.1 Å². The first kappa shape index (κ1) is 13.2. The Morgan fingerprint density at radius 3 is 3.00 bits per heavy atom. The van der Waals surface area contributed by atoms with Gasteiger partial charge in [-0.2, -0.15) is 11.8 Å². The van der Waals surface area contributed by atoms with E-state index in [0.29, 0.717) is 12.4 Å². The Balaban J connectivity index is 2.00. The summed E-state index contributed by atoms with van der Waals surface area (Å²) in [7, 11) is 0. The number of carbonyl (C=O) groups is 1. The van der Waals surface area contributed by atoms with Crippen LogP contribution in [0.3, 0.4) is 0 Å². The number of fused-ring (bicyclic) bond motifs is 1. The molecule has 5 nitrogen and oxygen atoms in total. The summed E-state index contributed by atoms with van der Waals surface area (Å²) in [5, 5.41) is 12.7. The summed E-state index contributed by atoms with van der Waals surface area (Å²) in [5.74, 6) is 2.97. The van der Waals surface area contributed by atoms with E-state index in [4.69, 9.17) is 0 Å². The molecular weight excluding hydrogens is 282 g/mol. The summed E-state index contributed by atoms with van der Waals surface area (Å²) >= 11 is 3.72. The molecule has 3 rings (SSSR count). The summed E-state index contributed by atoms with van der Waals surface area (Å²) < 4.78 is 0. The number of thioether (sulfide) groups is 2. The molecule has 1 atom stereocenters. The number of aromatic nitrogens is 2. The van der Waals surface area contributed by atoms with Crippen LogP contribution in [-0.4, -0.2) is 44.8 Å². The summed E-state index contributed by atoms with van der Waals surface area (Å²) in [5.41, 5.74) is 1.86. The number of carboxylic acids is 1. The summed E-state index contributed by atoms with van der Waals surface area (Å²) in [6.45, 7) is 1.42. The minimum absolute atomic E-state index is 0.184. The number of nitrogens with one attached hydrogen (secondary N) is 1. The molecule has 1 aromatic heterocycles. The Morgan fingerprint density at radius 1 is 1.37 bits per heavy atom. The Labute approximate surface area is 120 Å². The van der Waals surface area contributed by atoms with Crippen molar-refractivity contribution in [3.8, 4) is 0 Å². The van der Waals surface area contributed by atoms with E-state index in [1.54, 1.807) is 0 Å². The molecule has 1 aromatic rings. The highest BCUT2D eigenvalue weighted by Crippen LogP contribution is 2.35. The van der Waals surface area contributed by atoms with E-state index in [-0.39, 0.29) is 10.9 Å². The van der Waals surface area contributed by atoms with Crippen molar-refractivity contribution in [2.24, 2.45) is 0 Å². The molecule has 2 aliphatic heterocycles. The minimum Gasteiger partial charge on any atom is -0.476 e. The van der Waals surface area contributed by atoms with Crippen molar-refractivity contribution in [1.82, 2.24) is 15.3 Å². The van der Waals surface area contributed by atoms with Gasteiger partial charge in [0.2, 0.25) is 0 Å². The third-order valence-electron chi connectivity index (χ3n) is 3.26. The maximum atomic E-state index is 11.4. The highest BCUT2D eigenvalue weighted by atomic mass is 32.2. The van der Waals surface area contributed by atoms with Crippen molar-refractivity contribution in [2.75, 3.05) is 23.8 Å². The Hall–Kier alpha value is -0.790. The van der Waals surface area contributed by atoms with Crippen LogP contribution in [0.5, 0.6) is 0 Å². The molecular formula is C12H15N3O2S2. The second-order valence-electron chi connectivity index (χ2n) is 4.52. The van der Waals surface area contributed by atoms with Gasteiger partial charge in [0.25, 0.3) is 0 Å². The molecule has 7 heteroatoms. The van der Waals surface area contributed by atoms with E-state index < -0.39 is 5.97 Å². The van der Waals surface area contributed by atoms with E-state index >= 15 is 0 Å². The lowest BCUT2D eigenvalue weighted by Crippen LogP contribution is -2.29. The predicted molar refractivity (Wildman–Crippen MR) is 76.9 cm³/mol. The number of carboxylic acid groups (broad SMARTS) is 1. The normalized spacial score (nSPS) is 22.8. The maximum absolute atomic E-state index is 11.4. The molecule has 2 aliphatic rings. The predicted octanol–water partition coefficient (Wildman–Crippen LogP) is 1.34. The average molecular weight is 297 g/mol. The summed E-state index contributed by atoms with van der Waals surface area (Å²) in [6.07, 6.45) is 0.787. The average Bonchev–Trinajstić information content (AvgIpc) is 2.47. The van der Waals surface area contributed by atoms with Gasteiger partial charge in [-0.25, -0.2) is 14.8 Å². The third kappa shape index (κ3) is 2.73. The second-order valence-corrected chi connectivity index (χ2v) is 6.98. The molecule has 0 amide bonds. The highest BCUT2D eigenvalue weighted by Gasteiger charge is 2.26. The fourth-order valence-corrected chi connectivity index (χ4v) is 4.92.